The maximum Gasteiger partial charge on any atom is 0.292 e. The summed E-state index contributed by atoms with van der Waals surface area (Å²) in [5, 5.41) is 8.33. The first-order valence-electron chi connectivity index (χ1n) is 7.22. The van der Waals surface area contributed by atoms with Gasteiger partial charge >= 0.3 is 0 Å². The molecule has 126 valence electrons. The first kappa shape index (κ1) is 16.4. The van der Waals surface area contributed by atoms with E-state index in [4.69, 9.17) is 0 Å². The second-order valence-corrected chi connectivity index (χ2v) is 5.19. The second-order valence-electron chi connectivity index (χ2n) is 5.19. The topological polar surface area (TPSA) is 76.3 Å². The molecule has 0 aliphatic carbocycles. The summed E-state index contributed by atoms with van der Waals surface area (Å²) in [5.74, 6) is -2.17. The standard InChI is InChI=1S/C17H12F2N4O2/c1-23-17(25)13-5-3-2-4-12(13)15(22-23)16(24)21-20-9-10-6-7-11(18)8-14(10)19/h2-9H,1H3,(H,21,24)/b20-9-. The largest absolute Gasteiger partial charge is 0.292 e. The third-order valence-corrected chi connectivity index (χ3v) is 3.50. The summed E-state index contributed by atoms with van der Waals surface area (Å²) in [6, 6.07) is 9.53. The SMILES string of the molecule is Cn1nc(C(=O)N/N=C\c2ccc(F)cc2F)c2ccccc2c1=O. The van der Waals surface area contributed by atoms with Crippen LogP contribution in [0.2, 0.25) is 0 Å². The average molecular weight is 342 g/mol. The van der Waals surface area contributed by atoms with Gasteiger partial charge in [-0.25, -0.2) is 18.9 Å². The lowest BCUT2D eigenvalue weighted by molar-refractivity contribution is 0.0950. The number of fused-ring (bicyclic) bond motifs is 1. The summed E-state index contributed by atoms with van der Waals surface area (Å²) < 4.78 is 27.4. The van der Waals surface area contributed by atoms with Crippen LogP contribution in [0, 0.1) is 11.6 Å². The Bertz CT molecular complexity index is 1060. The van der Waals surface area contributed by atoms with E-state index in [1.165, 1.54) is 13.1 Å². The number of carbonyl (C=O) groups excluding carboxylic acids is 1. The van der Waals surface area contributed by atoms with E-state index in [-0.39, 0.29) is 16.8 Å². The van der Waals surface area contributed by atoms with Crippen molar-refractivity contribution in [1.82, 2.24) is 15.2 Å². The second kappa shape index (κ2) is 6.60. The van der Waals surface area contributed by atoms with Crippen LogP contribution in [0.1, 0.15) is 16.1 Å². The Hall–Kier alpha value is -3.42. The monoisotopic (exact) mass is 342 g/mol. The highest BCUT2D eigenvalue weighted by Crippen LogP contribution is 2.13. The van der Waals surface area contributed by atoms with Gasteiger partial charge in [0.25, 0.3) is 11.5 Å². The Kier molecular flexibility index (Phi) is 4.34. The molecule has 0 saturated carbocycles. The lowest BCUT2D eigenvalue weighted by atomic mass is 10.1. The predicted octanol–water partition coefficient (Wildman–Crippen LogP) is 1.98. The molecule has 1 aromatic heterocycles. The van der Waals surface area contributed by atoms with Crippen LogP contribution in [0.3, 0.4) is 0 Å². The fraction of sp³-hybridized carbons (Fsp3) is 0.0588. The Morgan fingerprint density at radius 3 is 2.64 bits per heavy atom. The zero-order chi connectivity index (χ0) is 18.0. The van der Waals surface area contributed by atoms with E-state index in [1.54, 1.807) is 24.3 Å². The van der Waals surface area contributed by atoms with Crippen molar-refractivity contribution in [3.63, 3.8) is 0 Å². The van der Waals surface area contributed by atoms with Crippen molar-refractivity contribution < 1.29 is 13.6 Å². The van der Waals surface area contributed by atoms with Crippen LogP contribution >= 0.6 is 0 Å². The van der Waals surface area contributed by atoms with Crippen molar-refractivity contribution in [2.75, 3.05) is 0 Å². The highest BCUT2D eigenvalue weighted by Gasteiger charge is 2.14. The van der Waals surface area contributed by atoms with Gasteiger partial charge in [0.1, 0.15) is 11.6 Å². The van der Waals surface area contributed by atoms with Crippen LogP contribution in [0.5, 0.6) is 0 Å². The van der Waals surface area contributed by atoms with Crippen LogP contribution in [0.4, 0.5) is 8.78 Å². The number of benzene rings is 2. The molecule has 1 amide bonds. The molecule has 0 aliphatic rings. The molecule has 6 nitrogen and oxygen atoms in total. The number of nitrogens with zero attached hydrogens (tertiary/aromatic N) is 3. The van der Waals surface area contributed by atoms with Crippen molar-refractivity contribution in [1.29, 1.82) is 0 Å². The molecule has 0 unspecified atom stereocenters. The smallest absolute Gasteiger partial charge is 0.267 e. The quantitative estimate of drug-likeness (QED) is 0.584. The molecule has 0 fully saturated rings. The number of aromatic nitrogens is 2. The van der Waals surface area contributed by atoms with Gasteiger partial charge < -0.3 is 0 Å². The number of rotatable bonds is 3. The minimum atomic E-state index is -0.802. The van der Waals surface area contributed by atoms with Gasteiger partial charge in [-0.3, -0.25) is 9.59 Å². The molecule has 0 aliphatic heterocycles. The van der Waals surface area contributed by atoms with E-state index >= 15 is 0 Å². The molecule has 8 heteroatoms. The third-order valence-electron chi connectivity index (χ3n) is 3.50. The summed E-state index contributed by atoms with van der Waals surface area (Å²) in [6.45, 7) is 0. The maximum atomic E-state index is 13.5. The number of hydrogen-bond acceptors (Lipinski definition) is 4. The molecule has 0 saturated heterocycles. The minimum absolute atomic E-state index is 0.00873. The summed E-state index contributed by atoms with van der Waals surface area (Å²) in [7, 11) is 1.43. The van der Waals surface area contributed by atoms with E-state index in [2.05, 4.69) is 15.6 Å². The van der Waals surface area contributed by atoms with Crippen molar-refractivity contribution in [2.24, 2.45) is 12.1 Å². The predicted molar refractivity (Wildman–Crippen MR) is 88.4 cm³/mol. The van der Waals surface area contributed by atoms with Gasteiger partial charge in [0.15, 0.2) is 5.69 Å². The fourth-order valence-electron chi connectivity index (χ4n) is 2.29. The highest BCUT2D eigenvalue weighted by molar-refractivity contribution is 6.04. The van der Waals surface area contributed by atoms with Gasteiger partial charge in [0.2, 0.25) is 0 Å². The van der Waals surface area contributed by atoms with Crippen molar-refractivity contribution in [3.05, 3.63) is 75.7 Å². The molecule has 2 aromatic carbocycles. The molecule has 25 heavy (non-hydrogen) atoms. The number of hydrazone groups is 1. The van der Waals surface area contributed by atoms with Gasteiger partial charge in [0.05, 0.1) is 11.6 Å². The summed E-state index contributed by atoms with van der Waals surface area (Å²) in [4.78, 5) is 24.3. The molecule has 1 N–H and O–H groups in total. The average Bonchev–Trinajstić information content (AvgIpc) is 2.60. The van der Waals surface area contributed by atoms with Gasteiger partial charge in [0, 0.05) is 24.1 Å². The van der Waals surface area contributed by atoms with Gasteiger partial charge in [-0.1, -0.05) is 18.2 Å². The van der Waals surface area contributed by atoms with Gasteiger partial charge in [-0.15, -0.1) is 0 Å². The van der Waals surface area contributed by atoms with Crippen LogP contribution in [-0.2, 0) is 7.05 Å². The van der Waals surface area contributed by atoms with Crippen LogP contribution in [0.15, 0.2) is 52.4 Å². The molecule has 0 radical (unpaired) electrons. The molecule has 3 aromatic rings. The van der Waals surface area contributed by atoms with Crippen LogP contribution in [0.25, 0.3) is 10.8 Å². The molecule has 0 bridgehead atoms. The highest BCUT2D eigenvalue weighted by atomic mass is 19.1. The van der Waals surface area contributed by atoms with Gasteiger partial charge in [-0.2, -0.15) is 10.2 Å². The lowest BCUT2D eigenvalue weighted by Gasteiger charge is -2.06. The molecular weight excluding hydrogens is 330 g/mol. The molecule has 0 atom stereocenters. The summed E-state index contributed by atoms with van der Waals surface area (Å²) >= 11 is 0. The number of halogens is 2. The van der Waals surface area contributed by atoms with Crippen molar-refractivity contribution in [2.45, 2.75) is 0 Å². The van der Waals surface area contributed by atoms with Crippen LogP contribution in [-0.4, -0.2) is 21.9 Å². The van der Waals surface area contributed by atoms with Crippen LogP contribution < -0.4 is 11.0 Å². The van der Waals surface area contributed by atoms with Crippen molar-refractivity contribution >= 4 is 22.9 Å². The molecule has 3 rings (SSSR count). The molecular formula is C17H12F2N4O2. The van der Waals surface area contributed by atoms with E-state index in [0.717, 1.165) is 17.0 Å². The number of carbonyl (C=O) groups is 1. The van der Waals surface area contributed by atoms with E-state index in [9.17, 15) is 18.4 Å². The number of nitrogens with one attached hydrogen (secondary N) is 1. The zero-order valence-corrected chi connectivity index (χ0v) is 13.0. The summed E-state index contributed by atoms with van der Waals surface area (Å²) in [6.07, 6.45) is 1.05. The summed E-state index contributed by atoms with van der Waals surface area (Å²) in [5.41, 5.74) is 1.91. The maximum absolute atomic E-state index is 13.5. The lowest BCUT2D eigenvalue weighted by Crippen LogP contribution is -2.27. The Labute approximate surface area is 140 Å². The normalized spacial score (nSPS) is 11.2. The third kappa shape index (κ3) is 3.27. The van der Waals surface area contributed by atoms with Gasteiger partial charge in [-0.05, 0) is 18.2 Å². The Morgan fingerprint density at radius 1 is 1.20 bits per heavy atom. The first-order chi connectivity index (χ1) is 12.0. The number of aryl methyl sites for hydroxylation is 1. The number of amides is 1. The Morgan fingerprint density at radius 2 is 1.92 bits per heavy atom. The van der Waals surface area contributed by atoms with E-state index in [0.29, 0.717) is 16.8 Å². The van der Waals surface area contributed by atoms with E-state index in [1.807, 2.05) is 0 Å². The molecule has 1 heterocycles. The Balaban J connectivity index is 1.89. The number of hydrogen-bond donors (Lipinski definition) is 1. The van der Waals surface area contributed by atoms with Crippen molar-refractivity contribution in [3.8, 4) is 0 Å². The minimum Gasteiger partial charge on any atom is -0.267 e. The molecule has 0 spiro atoms. The van der Waals surface area contributed by atoms with E-state index < -0.39 is 17.5 Å². The fourth-order valence-corrected chi connectivity index (χ4v) is 2.29. The first-order valence-corrected chi connectivity index (χ1v) is 7.22. The zero-order valence-electron chi connectivity index (χ0n) is 13.0.